The molecule has 2 rings (SSSR count). The van der Waals surface area contributed by atoms with Crippen LogP contribution < -0.4 is 4.74 Å². The lowest BCUT2D eigenvalue weighted by Gasteiger charge is -2.26. The molecule has 1 aromatic carbocycles. The van der Waals surface area contributed by atoms with Crippen molar-refractivity contribution in [2.45, 2.75) is 57.8 Å². The summed E-state index contributed by atoms with van der Waals surface area (Å²) in [6, 6.07) is 8.70. The highest BCUT2D eigenvalue weighted by atomic mass is 16.5. The molecule has 0 radical (unpaired) electrons. The van der Waals surface area contributed by atoms with Gasteiger partial charge in [0.2, 0.25) is 0 Å². The van der Waals surface area contributed by atoms with Crippen LogP contribution in [0.1, 0.15) is 63.4 Å². The molecule has 1 aromatic rings. The third-order valence-electron chi connectivity index (χ3n) is 4.33. The number of hydrogen-bond acceptors (Lipinski definition) is 1. The predicted molar refractivity (Wildman–Crippen MR) is 85.0 cm³/mol. The summed E-state index contributed by atoms with van der Waals surface area (Å²) >= 11 is 0. The average Bonchev–Trinajstić information content (AvgIpc) is 2.52. The highest BCUT2D eigenvalue weighted by Crippen LogP contribution is 2.35. The van der Waals surface area contributed by atoms with E-state index < -0.39 is 0 Å². The molecule has 0 heterocycles. The fraction of sp³-hybridized carbons (Fsp3) is 0.579. The average molecular weight is 270 g/mol. The molecule has 1 fully saturated rings. The second kappa shape index (κ2) is 8.00. The Morgan fingerprint density at radius 3 is 2.40 bits per heavy atom. The van der Waals surface area contributed by atoms with Crippen molar-refractivity contribution < 1.29 is 4.74 Å². The molecule has 1 aliphatic carbocycles. The summed E-state index contributed by atoms with van der Waals surface area (Å²) in [4.78, 5) is 0. The van der Waals surface area contributed by atoms with Crippen LogP contribution in [0.25, 0.3) is 0 Å². The topological polar surface area (TPSA) is 9.23 Å². The monoisotopic (exact) mass is 270 g/mol. The molecule has 0 unspecified atom stereocenters. The summed E-state index contributed by atoms with van der Waals surface area (Å²) in [6.07, 6.45) is 14.0. The Labute approximate surface area is 123 Å². The lowest BCUT2D eigenvalue weighted by atomic mass is 9.79. The van der Waals surface area contributed by atoms with Crippen LogP contribution in [0, 0.1) is 18.3 Å². The first-order valence-corrected chi connectivity index (χ1v) is 8.02. The van der Waals surface area contributed by atoms with E-state index in [1.807, 2.05) is 0 Å². The van der Waals surface area contributed by atoms with E-state index in [2.05, 4.69) is 37.1 Å². The van der Waals surface area contributed by atoms with Crippen LogP contribution in [0.3, 0.4) is 0 Å². The fourth-order valence-electron chi connectivity index (χ4n) is 2.97. The van der Waals surface area contributed by atoms with E-state index in [-0.39, 0.29) is 0 Å². The predicted octanol–water partition coefficient (Wildman–Crippen LogP) is 5.16. The highest BCUT2D eigenvalue weighted by Gasteiger charge is 2.20. The van der Waals surface area contributed by atoms with E-state index >= 15 is 0 Å². The standard InChI is InChI=1S/C19H26O/c1-3-5-6-15-20-19-13-11-18(12-14-19)17-9-7-16(4-2)8-10-17/h2,11-14,16-17H,3,5-10,15H2,1H3. The van der Waals surface area contributed by atoms with Gasteiger partial charge in [0.1, 0.15) is 5.75 Å². The molecule has 1 nitrogen and oxygen atoms in total. The minimum atomic E-state index is 0.507. The summed E-state index contributed by atoms with van der Waals surface area (Å²) in [6.45, 7) is 3.05. The smallest absolute Gasteiger partial charge is 0.119 e. The van der Waals surface area contributed by atoms with Gasteiger partial charge in [0, 0.05) is 5.92 Å². The van der Waals surface area contributed by atoms with Crippen molar-refractivity contribution in [1.82, 2.24) is 0 Å². The van der Waals surface area contributed by atoms with Gasteiger partial charge in [-0.25, -0.2) is 0 Å². The van der Waals surface area contributed by atoms with Crippen molar-refractivity contribution in [3.05, 3.63) is 29.8 Å². The van der Waals surface area contributed by atoms with Crippen molar-refractivity contribution >= 4 is 0 Å². The minimum Gasteiger partial charge on any atom is -0.494 e. The van der Waals surface area contributed by atoms with E-state index in [0.29, 0.717) is 11.8 Å². The molecular weight excluding hydrogens is 244 g/mol. The van der Waals surface area contributed by atoms with E-state index in [1.54, 1.807) is 0 Å². The SMILES string of the molecule is C#CC1CCC(c2ccc(OCCCCC)cc2)CC1. The lowest BCUT2D eigenvalue weighted by Crippen LogP contribution is -2.11. The molecular formula is C19H26O. The van der Waals surface area contributed by atoms with Crippen LogP contribution in [0.5, 0.6) is 5.75 Å². The molecule has 1 heteroatoms. The summed E-state index contributed by atoms with van der Waals surface area (Å²) in [5.74, 6) is 5.10. The first-order chi connectivity index (χ1) is 9.83. The Morgan fingerprint density at radius 2 is 1.80 bits per heavy atom. The van der Waals surface area contributed by atoms with E-state index in [4.69, 9.17) is 11.2 Å². The molecule has 0 atom stereocenters. The normalized spacial score (nSPS) is 22.2. The second-order valence-electron chi connectivity index (χ2n) is 5.84. The maximum Gasteiger partial charge on any atom is 0.119 e. The number of terminal acetylenes is 1. The van der Waals surface area contributed by atoms with Crippen LogP contribution in [0.4, 0.5) is 0 Å². The number of unbranched alkanes of at least 4 members (excludes halogenated alkanes) is 2. The van der Waals surface area contributed by atoms with Crippen molar-refractivity contribution in [3.8, 4) is 18.1 Å². The third kappa shape index (κ3) is 4.30. The maximum atomic E-state index is 5.76. The van der Waals surface area contributed by atoms with Crippen LogP contribution in [0.2, 0.25) is 0 Å². The lowest BCUT2D eigenvalue weighted by molar-refractivity contribution is 0.306. The van der Waals surface area contributed by atoms with Crippen LogP contribution in [-0.2, 0) is 0 Å². The molecule has 0 aliphatic heterocycles. The van der Waals surface area contributed by atoms with E-state index in [1.165, 1.54) is 44.1 Å². The molecule has 1 saturated carbocycles. The third-order valence-corrected chi connectivity index (χ3v) is 4.33. The largest absolute Gasteiger partial charge is 0.494 e. The zero-order chi connectivity index (χ0) is 14.2. The zero-order valence-corrected chi connectivity index (χ0v) is 12.6. The second-order valence-corrected chi connectivity index (χ2v) is 5.84. The molecule has 0 saturated heterocycles. The Hall–Kier alpha value is -1.42. The zero-order valence-electron chi connectivity index (χ0n) is 12.6. The van der Waals surface area contributed by atoms with Crippen LogP contribution in [-0.4, -0.2) is 6.61 Å². The Morgan fingerprint density at radius 1 is 1.10 bits per heavy atom. The van der Waals surface area contributed by atoms with Gasteiger partial charge in [-0.15, -0.1) is 12.3 Å². The quantitative estimate of drug-likeness (QED) is 0.512. The van der Waals surface area contributed by atoms with Crippen molar-refractivity contribution in [2.75, 3.05) is 6.61 Å². The Bertz CT molecular complexity index is 418. The molecule has 0 spiro atoms. The molecule has 0 aromatic heterocycles. The highest BCUT2D eigenvalue weighted by molar-refractivity contribution is 5.29. The molecule has 0 N–H and O–H groups in total. The maximum absolute atomic E-state index is 5.76. The summed E-state index contributed by atoms with van der Waals surface area (Å²) in [5, 5.41) is 0. The van der Waals surface area contributed by atoms with E-state index in [9.17, 15) is 0 Å². The Balaban J connectivity index is 1.81. The first-order valence-electron chi connectivity index (χ1n) is 8.02. The number of hydrogen-bond donors (Lipinski definition) is 0. The van der Waals surface area contributed by atoms with Crippen LogP contribution >= 0.6 is 0 Å². The summed E-state index contributed by atoms with van der Waals surface area (Å²) < 4.78 is 5.76. The van der Waals surface area contributed by atoms with Gasteiger partial charge >= 0.3 is 0 Å². The van der Waals surface area contributed by atoms with Crippen molar-refractivity contribution in [2.24, 2.45) is 5.92 Å². The molecule has 20 heavy (non-hydrogen) atoms. The van der Waals surface area contributed by atoms with Gasteiger partial charge in [-0.05, 0) is 55.7 Å². The number of ether oxygens (including phenoxy) is 1. The van der Waals surface area contributed by atoms with Gasteiger partial charge in [0.15, 0.2) is 0 Å². The fourth-order valence-corrected chi connectivity index (χ4v) is 2.97. The van der Waals surface area contributed by atoms with E-state index in [0.717, 1.165) is 18.8 Å². The summed E-state index contributed by atoms with van der Waals surface area (Å²) in [7, 11) is 0. The van der Waals surface area contributed by atoms with Crippen LogP contribution in [0.15, 0.2) is 24.3 Å². The van der Waals surface area contributed by atoms with Gasteiger partial charge in [0.25, 0.3) is 0 Å². The van der Waals surface area contributed by atoms with Crippen molar-refractivity contribution in [1.29, 1.82) is 0 Å². The van der Waals surface area contributed by atoms with Gasteiger partial charge in [0.05, 0.1) is 6.61 Å². The van der Waals surface area contributed by atoms with Gasteiger partial charge in [-0.1, -0.05) is 31.9 Å². The molecule has 0 bridgehead atoms. The molecule has 108 valence electrons. The van der Waals surface area contributed by atoms with Gasteiger partial charge < -0.3 is 4.74 Å². The Kier molecular flexibility index (Phi) is 5.99. The van der Waals surface area contributed by atoms with Crippen molar-refractivity contribution in [3.63, 3.8) is 0 Å². The number of rotatable bonds is 6. The first kappa shape index (κ1) is 15.0. The summed E-state index contributed by atoms with van der Waals surface area (Å²) in [5.41, 5.74) is 1.45. The van der Waals surface area contributed by atoms with Gasteiger partial charge in [-0.2, -0.15) is 0 Å². The number of benzene rings is 1. The molecule has 1 aliphatic rings. The minimum absolute atomic E-state index is 0.507. The van der Waals surface area contributed by atoms with Gasteiger partial charge in [-0.3, -0.25) is 0 Å². The molecule has 0 amide bonds.